The van der Waals surface area contributed by atoms with Gasteiger partial charge in [-0.15, -0.1) is 0 Å². The highest BCUT2D eigenvalue weighted by molar-refractivity contribution is 5.96. The lowest BCUT2D eigenvalue weighted by molar-refractivity contribution is -0.137. The van der Waals surface area contributed by atoms with Crippen molar-refractivity contribution >= 4 is 29.1 Å². The molecule has 200 valence electrons. The van der Waals surface area contributed by atoms with Crippen molar-refractivity contribution in [2.45, 2.75) is 13.0 Å². The maximum atomic E-state index is 12.9. The van der Waals surface area contributed by atoms with Crippen molar-refractivity contribution in [2.75, 3.05) is 43.9 Å². The van der Waals surface area contributed by atoms with Gasteiger partial charge in [0.15, 0.2) is 0 Å². The molecule has 2 aliphatic rings. The number of nitrogens with zero attached hydrogens (tertiary/aromatic N) is 4. The number of ether oxygens (including phenoxy) is 1. The topological polar surface area (TPSA) is 99.7 Å². The summed E-state index contributed by atoms with van der Waals surface area (Å²) < 4.78 is 5.94. The molecular formula is C30H32N6O3. The molecule has 6 bridgehead atoms. The first-order valence-corrected chi connectivity index (χ1v) is 13.0. The second-order valence-corrected chi connectivity index (χ2v) is 9.78. The van der Waals surface area contributed by atoms with Crippen LogP contribution in [-0.2, 0) is 16.1 Å². The molecule has 9 heteroatoms. The monoisotopic (exact) mass is 524 g/mol. The van der Waals surface area contributed by atoms with Gasteiger partial charge in [0.1, 0.15) is 5.75 Å². The summed E-state index contributed by atoms with van der Waals surface area (Å²) in [6.07, 6.45) is 8.06. The molecule has 0 aliphatic carbocycles. The van der Waals surface area contributed by atoms with Gasteiger partial charge in [0.2, 0.25) is 17.8 Å². The van der Waals surface area contributed by atoms with Crippen LogP contribution in [-0.4, -0.2) is 64.9 Å². The number of carbonyl (C=O) groups excluding carboxylic acids is 2. The van der Waals surface area contributed by atoms with Gasteiger partial charge in [0.05, 0.1) is 18.2 Å². The Labute approximate surface area is 228 Å². The zero-order valence-electron chi connectivity index (χ0n) is 22.0. The molecular weight excluding hydrogens is 492 g/mol. The van der Waals surface area contributed by atoms with Crippen LogP contribution in [0.25, 0.3) is 11.3 Å². The highest BCUT2D eigenvalue weighted by Crippen LogP contribution is 2.27. The minimum atomic E-state index is -0.250. The van der Waals surface area contributed by atoms with Crippen LogP contribution < -0.4 is 15.4 Å². The summed E-state index contributed by atoms with van der Waals surface area (Å²) in [5, 5.41) is 6.34. The highest BCUT2D eigenvalue weighted by Gasteiger charge is 2.34. The molecule has 2 N–H and O–H groups in total. The maximum Gasteiger partial charge on any atom is 0.246 e. The van der Waals surface area contributed by atoms with Crippen LogP contribution in [0.1, 0.15) is 12.0 Å². The Morgan fingerprint density at radius 2 is 2.03 bits per heavy atom. The molecule has 0 atom stereocenters. The lowest BCUT2D eigenvalue weighted by atomic mass is 9.99. The van der Waals surface area contributed by atoms with Crippen molar-refractivity contribution < 1.29 is 14.3 Å². The number of likely N-dealkylation sites (N-methyl/N-ethyl adjacent to an activating group) is 1. The van der Waals surface area contributed by atoms with E-state index in [2.05, 4.69) is 46.3 Å². The lowest BCUT2D eigenvalue weighted by Gasteiger charge is -2.37. The molecule has 0 spiro atoms. The summed E-state index contributed by atoms with van der Waals surface area (Å²) >= 11 is 0. The molecule has 2 aromatic carbocycles. The number of nitrogens with one attached hydrogen (secondary N) is 2. The van der Waals surface area contributed by atoms with Gasteiger partial charge in [-0.05, 0) is 61.5 Å². The van der Waals surface area contributed by atoms with E-state index in [1.165, 1.54) is 6.08 Å². The number of aromatic nitrogens is 2. The van der Waals surface area contributed by atoms with E-state index in [1.807, 2.05) is 48.5 Å². The van der Waals surface area contributed by atoms with E-state index in [4.69, 9.17) is 9.72 Å². The molecule has 0 unspecified atom stereocenters. The number of hydrogen-bond donors (Lipinski definition) is 2. The van der Waals surface area contributed by atoms with Crippen molar-refractivity contribution in [2.24, 2.45) is 5.92 Å². The van der Waals surface area contributed by atoms with Crippen LogP contribution >= 0.6 is 0 Å². The Balaban J connectivity index is 1.41. The van der Waals surface area contributed by atoms with Crippen molar-refractivity contribution in [3.05, 3.63) is 85.1 Å². The maximum absolute atomic E-state index is 12.9. The molecule has 2 aliphatic heterocycles. The minimum Gasteiger partial charge on any atom is -0.493 e. The number of amides is 2. The first-order chi connectivity index (χ1) is 19.0. The summed E-state index contributed by atoms with van der Waals surface area (Å²) in [5.74, 6) is 0.724. The Kier molecular flexibility index (Phi) is 7.98. The third-order valence-corrected chi connectivity index (χ3v) is 6.63. The van der Waals surface area contributed by atoms with E-state index >= 15 is 0 Å². The summed E-state index contributed by atoms with van der Waals surface area (Å²) in [6, 6.07) is 15.6. The Hall–Kier alpha value is -4.50. The zero-order valence-corrected chi connectivity index (χ0v) is 22.0. The van der Waals surface area contributed by atoms with Gasteiger partial charge in [-0.2, -0.15) is 0 Å². The second-order valence-electron chi connectivity index (χ2n) is 9.78. The third kappa shape index (κ3) is 6.69. The average Bonchev–Trinajstić information content (AvgIpc) is 2.89. The average molecular weight is 525 g/mol. The molecule has 0 radical (unpaired) electrons. The Bertz CT molecular complexity index is 1400. The molecule has 9 nitrogen and oxygen atoms in total. The summed E-state index contributed by atoms with van der Waals surface area (Å²) in [7, 11) is 2.05. The molecule has 5 rings (SSSR count). The molecule has 0 saturated carbocycles. The summed E-state index contributed by atoms with van der Waals surface area (Å²) in [4.78, 5) is 37.6. The third-order valence-electron chi connectivity index (χ3n) is 6.63. The van der Waals surface area contributed by atoms with E-state index in [-0.39, 0.29) is 17.7 Å². The van der Waals surface area contributed by atoms with Crippen LogP contribution in [0.4, 0.5) is 17.3 Å². The minimum absolute atomic E-state index is 0.114. The van der Waals surface area contributed by atoms with Gasteiger partial charge in [-0.25, -0.2) is 9.97 Å². The first-order valence-electron chi connectivity index (χ1n) is 13.0. The van der Waals surface area contributed by atoms with Crippen LogP contribution in [0.2, 0.25) is 0 Å². The van der Waals surface area contributed by atoms with Gasteiger partial charge in [-0.1, -0.05) is 30.9 Å². The molecule has 1 aromatic heterocycles. The Morgan fingerprint density at radius 3 is 2.87 bits per heavy atom. The fourth-order valence-electron chi connectivity index (χ4n) is 4.57. The number of benzene rings is 2. The molecule has 3 aromatic rings. The van der Waals surface area contributed by atoms with Gasteiger partial charge >= 0.3 is 0 Å². The number of carbonyl (C=O) groups is 2. The standard InChI is InChI=1S/C30H32N6O3/c1-3-28(37)36-19-23(20-36)29(38)32-24-14-21-15-25(17-24)33-30-31-11-10-27(34-30)22-8-7-9-26(16-22)39-13-6-4-5-12-35(2)18-21/h3-5,7-11,14-17,23H,1,6,12-13,18-20H2,2H3,(H,32,38)(H,31,33,34)/b5-4+. The number of fused-ring (bicyclic) bond motifs is 7. The van der Waals surface area contributed by atoms with Crippen LogP contribution in [0.15, 0.2) is 79.5 Å². The van der Waals surface area contributed by atoms with Crippen molar-refractivity contribution in [3.63, 3.8) is 0 Å². The predicted octanol–water partition coefficient (Wildman–Crippen LogP) is 4.24. The van der Waals surface area contributed by atoms with E-state index in [0.29, 0.717) is 37.9 Å². The fourth-order valence-corrected chi connectivity index (χ4v) is 4.57. The molecule has 1 saturated heterocycles. The smallest absolute Gasteiger partial charge is 0.246 e. The van der Waals surface area contributed by atoms with Crippen LogP contribution in [0.5, 0.6) is 5.75 Å². The van der Waals surface area contributed by atoms with Crippen molar-refractivity contribution in [1.82, 2.24) is 19.8 Å². The molecule has 2 amide bonds. The molecule has 3 heterocycles. The van der Waals surface area contributed by atoms with Gasteiger partial charge in [0.25, 0.3) is 0 Å². The largest absolute Gasteiger partial charge is 0.493 e. The number of anilines is 3. The van der Waals surface area contributed by atoms with Gasteiger partial charge < -0.3 is 20.3 Å². The van der Waals surface area contributed by atoms with Gasteiger partial charge in [0, 0.05) is 49.3 Å². The number of rotatable bonds is 3. The van der Waals surface area contributed by atoms with E-state index in [1.54, 1.807) is 11.1 Å². The quantitative estimate of drug-likeness (QED) is 0.391. The molecule has 39 heavy (non-hydrogen) atoms. The van der Waals surface area contributed by atoms with Crippen LogP contribution in [0, 0.1) is 5.92 Å². The second kappa shape index (κ2) is 11.9. The highest BCUT2D eigenvalue weighted by atomic mass is 16.5. The molecule has 1 fully saturated rings. The Morgan fingerprint density at radius 1 is 1.15 bits per heavy atom. The van der Waals surface area contributed by atoms with E-state index in [9.17, 15) is 9.59 Å². The lowest BCUT2D eigenvalue weighted by Crippen LogP contribution is -2.53. The SMILES string of the molecule is C=CC(=O)N1CC(C(=O)Nc2cc3cc(c2)Nc2nccc(n2)-c2cccc(c2)OCC/C=C/CN(C)C3)C1. The van der Waals surface area contributed by atoms with Crippen molar-refractivity contribution in [3.8, 4) is 17.0 Å². The zero-order chi connectivity index (χ0) is 27.2. The first kappa shape index (κ1) is 26.1. The van der Waals surface area contributed by atoms with Crippen LogP contribution in [0.3, 0.4) is 0 Å². The number of likely N-dealkylation sites (tertiary alicyclic amines) is 1. The van der Waals surface area contributed by atoms with E-state index in [0.717, 1.165) is 41.2 Å². The predicted molar refractivity (Wildman–Crippen MR) is 152 cm³/mol. The van der Waals surface area contributed by atoms with E-state index < -0.39 is 0 Å². The fraction of sp³-hybridized carbons (Fsp3) is 0.267. The normalized spacial score (nSPS) is 16.9. The number of hydrogen-bond acceptors (Lipinski definition) is 7. The van der Waals surface area contributed by atoms with Gasteiger partial charge in [-0.3, -0.25) is 14.5 Å². The summed E-state index contributed by atoms with van der Waals surface area (Å²) in [5.41, 5.74) is 4.16. The summed E-state index contributed by atoms with van der Waals surface area (Å²) in [6.45, 7) is 6.33. The van der Waals surface area contributed by atoms with Crippen molar-refractivity contribution in [1.29, 1.82) is 0 Å².